The summed E-state index contributed by atoms with van der Waals surface area (Å²) in [6.07, 6.45) is 8.87. The normalized spacial score (nSPS) is 26.3. The molecule has 3 heteroatoms. The smallest absolute Gasteiger partial charge is 0.223 e. The molecule has 1 amide bonds. The lowest BCUT2D eigenvalue weighted by molar-refractivity contribution is -0.133. The highest BCUT2D eigenvalue weighted by atomic mass is 19.1. The summed E-state index contributed by atoms with van der Waals surface area (Å²) in [6.45, 7) is 1.28. The lowest BCUT2D eigenvalue weighted by Gasteiger charge is -2.31. The molecule has 0 radical (unpaired) electrons. The van der Waals surface area contributed by atoms with E-state index in [-0.39, 0.29) is 18.5 Å². The van der Waals surface area contributed by atoms with Crippen LogP contribution in [0, 0.1) is 11.8 Å². The van der Waals surface area contributed by atoms with Gasteiger partial charge in [0.25, 0.3) is 0 Å². The minimum absolute atomic E-state index is 0.190. The summed E-state index contributed by atoms with van der Waals surface area (Å²) in [6, 6.07) is 0. The minimum atomic E-state index is -0.229. The van der Waals surface area contributed by atoms with E-state index >= 15 is 0 Å². The number of piperidine rings is 1. The Morgan fingerprint density at radius 2 is 2.06 bits per heavy atom. The fourth-order valence-corrected chi connectivity index (χ4v) is 2.56. The molecule has 1 fully saturated rings. The zero-order valence-electron chi connectivity index (χ0n) is 9.70. The molecule has 1 atom stereocenters. The topological polar surface area (TPSA) is 20.3 Å². The van der Waals surface area contributed by atoms with Crippen LogP contribution in [0.25, 0.3) is 0 Å². The van der Waals surface area contributed by atoms with Gasteiger partial charge in [0.15, 0.2) is 0 Å². The Morgan fingerprint density at radius 3 is 2.62 bits per heavy atom. The standard InChI is InChI=1S/C13H20FNO/c14-10-12-5-7-15(8-6-12)13(16)9-11-3-1-2-4-11/h1,3,11-12H,2,4-10H2/t11-/m1/s1. The van der Waals surface area contributed by atoms with Crippen LogP contribution in [0.15, 0.2) is 12.2 Å². The molecular formula is C13H20FNO. The summed E-state index contributed by atoms with van der Waals surface area (Å²) in [5.74, 6) is 0.899. The monoisotopic (exact) mass is 225 g/mol. The van der Waals surface area contributed by atoms with Crippen LogP contribution in [0.5, 0.6) is 0 Å². The predicted molar refractivity (Wildman–Crippen MR) is 61.8 cm³/mol. The van der Waals surface area contributed by atoms with Crippen molar-refractivity contribution >= 4 is 5.91 Å². The van der Waals surface area contributed by atoms with Gasteiger partial charge >= 0.3 is 0 Å². The summed E-state index contributed by atoms with van der Waals surface area (Å²) < 4.78 is 12.4. The Bertz CT molecular complexity index is 269. The Morgan fingerprint density at radius 1 is 1.31 bits per heavy atom. The molecule has 16 heavy (non-hydrogen) atoms. The number of nitrogens with zero attached hydrogens (tertiary/aromatic N) is 1. The molecular weight excluding hydrogens is 205 g/mol. The van der Waals surface area contributed by atoms with Crippen LogP contribution >= 0.6 is 0 Å². The summed E-state index contributed by atoms with van der Waals surface area (Å²) >= 11 is 0. The number of carbonyl (C=O) groups is 1. The average molecular weight is 225 g/mol. The maximum atomic E-state index is 12.4. The lowest BCUT2D eigenvalue weighted by atomic mass is 9.97. The van der Waals surface area contributed by atoms with Gasteiger partial charge in [-0.1, -0.05) is 12.2 Å². The van der Waals surface area contributed by atoms with E-state index in [1.807, 2.05) is 4.90 Å². The Hall–Kier alpha value is -0.860. The molecule has 2 rings (SSSR count). The molecule has 0 saturated carbocycles. The number of allylic oxidation sites excluding steroid dienone is 2. The van der Waals surface area contributed by atoms with E-state index in [2.05, 4.69) is 12.2 Å². The first kappa shape index (κ1) is 11.6. The number of hydrogen-bond acceptors (Lipinski definition) is 1. The largest absolute Gasteiger partial charge is 0.343 e. The van der Waals surface area contributed by atoms with Crippen LogP contribution < -0.4 is 0 Å². The van der Waals surface area contributed by atoms with Gasteiger partial charge < -0.3 is 4.90 Å². The van der Waals surface area contributed by atoms with E-state index in [9.17, 15) is 9.18 Å². The Labute approximate surface area is 96.5 Å². The third-order valence-corrected chi connectivity index (χ3v) is 3.73. The molecule has 1 heterocycles. The van der Waals surface area contributed by atoms with Crippen molar-refractivity contribution < 1.29 is 9.18 Å². The van der Waals surface area contributed by atoms with Crippen molar-refractivity contribution in [1.29, 1.82) is 0 Å². The van der Waals surface area contributed by atoms with E-state index in [4.69, 9.17) is 0 Å². The van der Waals surface area contributed by atoms with Gasteiger partial charge in [0, 0.05) is 19.5 Å². The van der Waals surface area contributed by atoms with Gasteiger partial charge in [-0.2, -0.15) is 0 Å². The van der Waals surface area contributed by atoms with E-state index < -0.39 is 0 Å². The first-order valence-corrected chi connectivity index (χ1v) is 6.30. The van der Waals surface area contributed by atoms with Gasteiger partial charge in [-0.3, -0.25) is 9.18 Å². The molecule has 0 spiro atoms. The molecule has 0 aromatic carbocycles. The zero-order valence-corrected chi connectivity index (χ0v) is 9.70. The van der Waals surface area contributed by atoms with Crippen LogP contribution in [0.4, 0.5) is 4.39 Å². The SMILES string of the molecule is O=C(C[C@@H]1C=CCC1)N1CCC(CF)CC1. The second kappa shape index (κ2) is 5.46. The highest BCUT2D eigenvalue weighted by molar-refractivity contribution is 5.76. The fraction of sp³-hybridized carbons (Fsp3) is 0.769. The van der Waals surface area contributed by atoms with Crippen molar-refractivity contribution in [3.05, 3.63) is 12.2 Å². The Balaban J connectivity index is 1.75. The first-order valence-electron chi connectivity index (χ1n) is 6.30. The van der Waals surface area contributed by atoms with Crippen molar-refractivity contribution in [2.75, 3.05) is 19.8 Å². The van der Waals surface area contributed by atoms with Crippen LogP contribution in [0.1, 0.15) is 32.1 Å². The van der Waals surface area contributed by atoms with Gasteiger partial charge in [0.2, 0.25) is 5.91 Å². The summed E-state index contributed by atoms with van der Waals surface area (Å²) in [7, 11) is 0. The fourth-order valence-electron chi connectivity index (χ4n) is 2.56. The predicted octanol–water partition coefficient (Wildman–Crippen LogP) is 2.55. The molecule has 2 aliphatic rings. The third-order valence-electron chi connectivity index (χ3n) is 3.73. The van der Waals surface area contributed by atoms with Crippen LogP contribution in [-0.2, 0) is 4.79 Å². The number of halogens is 1. The molecule has 1 aliphatic carbocycles. The quantitative estimate of drug-likeness (QED) is 0.676. The first-order chi connectivity index (χ1) is 7.79. The number of carbonyl (C=O) groups excluding carboxylic acids is 1. The van der Waals surface area contributed by atoms with Gasteiger partial charge in [-0.25, -0.2) is 0 Å². The summed E-state index contributed by atoms with van der Waals surface area (Å²) in [5, 5.41) is 0. The van der Waals surface area contributed by atoms with Gasteiger partial charge in [-0.05, 0) is 37.5 Å². The number of alkyl halides is 1. The van der Waals surface area contributed by atoms with Crippen LogP contribution in [-0.4, -0.2) is 30.6 Å². The number of rotatable bonds is 3. The maximum Gasteiger partial charge on any atom is 0.223 e. The second-order valence-corrected chi connectivity index (χ2v) is 4.95. The molecule has 1 aliphatic heterocycles. The summed E-state index contributed by atoms with van der Waals surface area (Å²) in [4.78, 5) is 13.9. The highest BCUT2D eigenvalue weighted by Crippen LogP contribution is 2.23. The highest BCUT2D eigenvalue weighted by Gasteiger charge is 2.24. The number of amides is 1. The molecule has 2 nitrogen and oxygen atoms in total. The molecule has 0 unspecified atom stereocenters. The van der Waals surface area contributed by atoms with E-state index in [1.54, 1.807) is 0 Å². The number of likely N-dealkylation sites (tertiary alicyclic amines) is 1. The van der Waals surface area contributed by atoms with Crippen LogP contribution in [0.2, 0.25) is 0 Å². The van der Waals surface area contributed by atoms with Gasteiger partial charge in [0.05, 0.1) is 6.67 Å². The van der Waals surface area contributed by atoms with Crippen molar-refractivity contribution in [2.45, 2.75) is 32.1 Å². The van der Waals surface area contributed by atoms with Crippen molar-refractivity contribution in [1.82, 2.24) is 4.90 Å². The molecule has 0 N–H and O–H groups in total. The average Bonchev–Trinajstić information content (AvgIpc) is 2.82. The number of hydrogen-bond donors (Lipinski definition) is 0. The molecule has 0 aromatic heterocycles. The molecule has 90 valence electrons. The van der Waals surface area contributed by atoms with E-state index in [0.717, 1.165) is 38.8 Å². The molecule has 0 bridgehead atoms. The molecule has 1 saturated heterocycles. The van der Waals surface area contributed by atoms with E-state index in [0.29, 0.717) is 12.3 Å². The van der Waals surface area contributed by atoms with E-state index in [1.165, 1.54) is 0 Å². The molecule has 0 aromatic rings. The van der Waals surface area contributed by atoms with Gasteiger partial charge in [-0.15, -0.1) is 0 Å². The third kappa shape index (κ3) is 2.83. The minimum Gasteiger partial charge on any atom is -0.343 e. The second-order valence-electron chi connectivity index (χ2n) is 4.95. The maximum absolute atomic E-state index is 12.4. The lowest BCUT2D eigenvalue weighted by Crippen LogP contribution is -2.39. The van der Waals surface area contributed by atoms with Crippen molar-refractivity contribution in [3.63, 3.8) is 0 Å². The van der Waals surface area contributed by atoms with Crippen LogP contribution in [0.3, 0.4) is 0 Å². The van der Waals surface area contributed by atoms with Gasteiger partial charge in [0.1, 0.15) is 0 Å². The van der Waals surface area contributed by atoms with Crippen molar-refractivity contribution in [2.24, 2.45) is 11.8 Å². The zero-order chi connectivity index (χ0) is 11.4. The van der Waals surface area contributed by atoms with Crippen molar-refractivity contribution in [3.8, 4) is 0 Å². The summed E-state index contributed by atoms with van der Waals surface area (Å²) in [5.41, 5.74) is 0. The Kier molecular flexibility index (Phi) is 3.97.